The molecule has 7 rings (SSSR count). The lowest BCUT2D eigenvalue weighted by molar-refractivity contribution is -0.136. The van der Waals surface area contributed by atoms with Crippen LogP contribution in [0.25, 0.3) is 5.69 Å². The average molecular weight is 689 g/mol. The molecule has 3 aliphatic heterocycles. The molecule has 2 fully saturated rings. The van der Waals surface area contributed by atoms with Gasteiger partial charge in [-0.05, 0) is 43.3 Å². The maximum absolute atomic E-state index is 14.0. The van der Waals surface area contributed by atoms with Crippen molar-refractivity contribution in [2.45, 2.75) is 19.0 Å². The summed E-state index contributed by atoms with van der Waals surface area (Å²) >= 11 is 7.88. The van der Waals surface area contributed by atoms with Crippen LogP contribution in [-0.2, 0) is 9.53 Å². The van der Waals surface area contributed by atoms with Gasteiger partial charge >= 0.3 is 12.0 Å². The predicted octanol–water partition coefficient (Wildman–Crippen LogP) is 4.47. The number of hydrogen-bond acceptors (Lipinski definition) is 10. The van der Waals surface area contributed by atoms with Gasteiger partial charge in [0.2, 0.25) is 0 Å². The molecule has 0 unspecified atom stereocenters. The molecule has 1 N–H and O–H groups in total. The van der Waals surface area contributed by atoms with Gasteiger partial charge in [-0.3, -0.25) is 19.6 Å². The maximum Gasteiger partial charge on any atom is 0.338 e. The fourth-order valence-electron chi connectivity index (χ4n) is 6.25. The minimum absolute atomic E-state index is 0.0154. The van der Waals surface area contributed by atoms with Gasteiger partial charge in [-0.1, -0.05) is 17.7 Å². The number of methoxy groups -OCH3 is 1. The monoisotopic (exact) mass is 688 g/mol. The molecule has 2 aromatic heterocycles. The number of aromatic nitrogens is 3. The maximum atomic E-state index is 14.0. The number of nitrogens with one attached hydrogen (secondary N) is 1. The van der Waals surface area contributed by atoms with E-state index in [2.05, 4.69) is 20.3 Å². The third kappa shape index (κ3) is 5.98. The Morgan fingerprint density at radius 1 is 1.12 bits per heavy atom. The number of Topliss-reactive ketones (excluding diaryl/α,β-unsaturated/α-hetero) is 1. The number of benzene rings is 2. The molecule has 48 heavy (non-hydrogen) atoms. The van der Waals surface area contributed by atoms with Crippen LogP contribution in [0, 0.1) is 5.82 Å². The highest BCUT2D eigenvalue weighted by Gasteiger charge is 2.43. The zero-order chi connectivity index (χ0) is 33.5. The molecular weight excluding hydrogens is 659 g/mol. The van der Waals surface area contributed by atoms with Crippen molar-refractivity contribution in [1.82, 2.24) is 29.9 Å². The summed E-state index contributed by atoms with van der Waals surface area (Å²) in [6, 6.07) is 11.8. The van der Waals surface area contributed by atoms with Crippen molar-refractivity contribution < 1.29 is 23.5 Å². The number of fused-ring (bicyclic) bond motifs is 1. The Morgan fingerprint density at radius 2 is 1.94 bits per heavy atom. The molecule has 12 nitrogen and oxygen atoms in total. The summed E-state index contributed by atoms with van der Waals surface area (Å²) in [5.41, 5.74) is 2.68. The molecule has 0 spiro atoms. The Bertz CT molecular complexity index is 1960. The zero-order valence-electron chi connectivity index (χ0n) is 26.0. The Labute approximate surface area is 284 Å². The second kappa shape index (κ2) is 12.9. The van der Waals surface area contributed by atoms with E-state index in [1.807, 2.05) is 22.4 Å². The lowest BCUT2D eigenvalue weighted by Crippen LogP contribution is -2.53. The van der Waals surface area contributed by atoms with Crippen LogP contribution in [0.15, 0.2) is 82.6 Å². The summed E-state index contributed by atoms with van der Waals surface area (Å²) in [6.07, 6.45) is 3.45. The van der Waals surface area contributed by atoms with Crippen molar-refractivity contribution in [2.75, 3.05) is 44.7 Å². The number of thiazole rings is 1. The van der Waals surface area contributed by atoms with Gasteiger partial charge in [0, 0.05) is 71.9 Å². The molecule has 2 atom stereocenters. The molecule has 2 aromatic carbocycles. The van der Waals surface area contributed by atoms with Crippen molar-refractivity contribution in [3.8, 4) is 5.69 Å². The highest BCUT2D eigenvalue weighted by Crippen LogP contribution is 2.37. The summed E-state index contributed by atoms with van der Waals surface area (Å²) in [6.45, 7) is 3.86. The number of ether oxygens (including phenoxy) is 1. The van der Waals surface area contributed by atoms with E-state index < -0.39 is 17.8 Å². The van der Waals surface area contributed by atoms with E-state index in [-0.39, 0.29) is 28.5 Å². The highest BCUT2D eigenvalue weighted by atomic mass is 35.5. The van der Waals surface area contributed by atoms with Crippen LogP contribution in [0.4, 0.5) is 15.0 Å². The van der Waals surface area contributed by atoms with Crippen molar-refractivity contribution >= 4 is 52.4 Å². The van der Waals surface area contributed by atoms with Gasteiger partial charge in [-0.25, -0.2) is 23.6 Å². The molecule has 0 saturated carbocycles. The molecule has 15 heteroatoms. The normalized spacial score (nSPS) is 19.7. The summed E-state index contributed by atoms with van der Waals surface area (Å²) in [5.74, 6) is -0.107. The Kier molecular flexibility index (Phi) is 8.54. The number of amidine groups is 1. The molecule has 2 amide bonds. The number of ketones is 1. The zero-order valence-corrected chi connectivity index (χ0v) is 27.5. The summed E-state index contributed by atoms with van der Waals surface area (Å²) in [7, 11) is 1.30. The Morgan fingerprint density at radius 3 is 2.65 bits per heavy atom. The standard InChI is InChI=1S/C33H30ClFN8O4S/c1-19(44)20-3-6-22(7-4-20)43-11-9-27(39-43)42-17-23-16-40(12-13-41(23)33(42)46)18-26-28(32(45)47-2)29(24-8-5-21(35)15-25(24)34)38-30(37-26)31-36-10-14-48-31/h3-11,14-15,23,29H,12-13,16-18H2,1-2H3,(H,37,38)/t23-,29-/m0/s1. The predicted molar refractivity (Wildman–Crippen MR) is 178 cm³/mol. The van der Waals surface area contributed by atoms with Crippen molar-refractivity contribution in [1.29, 1.82) is 0 Å². The van der Waals surface area contributed by atoms with E-state index >= 15 is 0 Å². The molecule has 0 aliphatic carbocycles. The number of carbonyl (C=O) groups excluding carboxylic acids is 3. The van der Waals surface area contributed by atoms with Crippen LogP contribution < -0.4 is 10.2 Å². The lowest BCUT2D eigenvalue weighted by atomic mass is 9.95. The number of anilines is 1. The summed E-state index contributed by atoms with van der Waals surface area (Å²) < 4.78 is 20.9. The Balaban J connectivity index is 1.13. The van der Waals surface area contributed by atoms with Crippen molar-refractivity contribution in [2.24, 2.45) is 4.99 Å². The van der Waals surface area contributed by atoms with Crippen LogP contribution in [0.5, 0.6) is 0 Å². The third-order valence-corrected chi connectivity index (χ3v) is 9.74. The van der Waals surface area contributed by atoms with E-state index in [4.69, 9.17) is 21.3 Å². The number of carbonyl (C=O) groups is 3. The van der Waals surface area contributed by atoms with Gasteiger partial charge in [0.25, 0.3) is 0 Å². The number of rotatable bonds is 8. The van der Waals surface area contributed by atoms with Crippen LogP contribution >= 0.6 is 22.9 Å². The smallest absolute Gasteiger partial charge is 0.338 e. The number of piperazine rings is 1. The van der Waals surface area contributed by atoms with Gasteiger partial charge in [0.15, 0.2) is 22.4 Å². The number of esters is 1. The summed E-state index contributed by atoms with van der Waals surface area (Å²) in [4.78, 5) is 53.4. The lowest BCUT2D eigenvalue weighted by Gasteiger charge is -2.38. The van der Waals surface area contributed by atoms with Gasteiger partial charge < -0.3 is 15.0 Å². The van der Waals surface area contributed by atoms with Crippen LogP contribution in [0.1, 0.15) is 33.9 Å². The van der Waals surface area contributed by atoms with E-state index in [1.165, 1.54) is 43.6 Å². The first kappa shape index (κ1) is 31.7. The minimum atomic E-state index is -0.862. The first-order chi connectivity index (χ1) is 23.2. The molecule has 2 saturated heterocycles. The number of aliphatic imine (C=N–C) groups is 1. The Hall–Kier alpha value is -4.92. The fraction of sp³-hybridized carbons (Fsp3) is 0.273. The van der Waals surface area contributed by atoms with E-state index in [1.54, 1.807) is 40.2 Å². The van der Waals surface area contributed by atoms with Crippen LogP contribution in [0.2, 0.25) is 5.02 Å². The molecule has 0 radical (unpaired) electrons. The minimum Gasteiger partial charge on any atom is -0.466 e. The highest BCUT2D eigenvalue weighted by molar-refractivity contribution is 7.11. The van der Waals surface area contributed by atoms with Gasteiger partial charge in [0.05, 0.1) is 31.0 Å². The number of halogens is 2. The number of hydrogen-bond donors (Lipinski definition) is 1. The van der Waals surface area contributed by atoms with Crippen LogP contribution in [-0.4, -0.2) is 94.1 Å². The van der Waals surface area contributed by atoms with Crippen LogP contribution in [0.3, 0.4) is 0 Å². The second-order valence-electron chi connectivity index (χ2n) is 11.6. The molecular formula is C33H30ClFN8O4S. The van der Waals surface area contributed by atoms with Crippen molar-refractivity contribution in [3.63, 3.8) is 0 Å². The van der Waals surface area contributed by atoms with E-state index in [0.717, 1.165) is 5.69 Å². The fourth-order valence-corrected chi connectivity index (χ4v) is 7.11. The largest absolute Gasteiger partial charge is 0.466 e. The SMILES string of the molecule is COC(=O)C1=C(CN2CCN3C(=O)N(c4ccn(-c5ccc(C(C)=O)cc5)n4)C[C@@H]3C2)NC(c2nccs2)=N[C@H]1c1ccc(F)cc1Cl. The van der Waals surface area contributed by atoms with E-state index in [9.17, 15) is 18.8 Å². The quantitative estimate of drug-likeness (QED) is 0.213. The number of nitrogens with zero attached hydrogens (tertiary/aromatic N) is 7. The first-order valence-corrected chi connectivity index (χ1v) is 16.4. The summed E-state index contributed by atoms with van der Waals surface area (Å²) in [5, 5.41) is 10.6. The van der Waals surface area contributed by atoms with Gasteiger partial charge in [0.1, 0.15) is 11.9 Å². The first-order valence-electron chi connectivity index (χ1n) is 15.2. The second-order valence-corrected chi connectivity index (χ2v) is 12.9. The number of amides is 2. The molecule has 246 valence electrons. The van der Waals surface area contributed by atoms with E-state index in [0.29, 0.717) is 66.2 Å². The topological polar surface area (TPSA) is 125 Å². The number of urea groups is 1. The molecule has 0 bridgehead atoms. The third-order valence-electron chi connectivity index (χ3n) is 8.63. The molecule has 4 aromatic rings. The van der Waals surface area contributed by atoms with Gasteiger partial charge in [-0.15, -0.1) is 16.4 Å². The van der Waals surface area contributed by atoms with Crippen molar-refractivity contribution in [3.05, 3.63) is 105 Å². The average Bonchev–Trinajstić information content (AvgIpc) is 3.85. The molecule has 3 aliphatic rings. The van der Waals surface area contributed by atoms with Gasteiger partial charge in [-0.2, -0.15) is 0 Å². The molecule has 5 heterocycles.